The summed E-state index contributed by atoms with van der Waals surface area (Å²) in [6.07, 6.45) is 9.85. The van der Waals surface area contributed by atoms with E-state index in [9.17, 15) is 0 Å². The molecule has 0 radical (unpaired) electrons. The van der Waals surface area contributed by atoms with Crippen LogP contribution < -0.4 is 0 Å². The highest BCUT2D eigenvalue weighted by Crippen LogP contribution is 2.34. The van der Waals surface area contributed by atoms with E-state index < -0.39 is 0 Å². The van der Waals surface area contributed by atoms with Gasteiger partial charge < -0.3 is 0 Å². The molecule has 0 spiro atoms. The predicted molar refractivity (Wildman–Crippen MR) is 80.4 cm³/mol. The molecule has 0 saturated heterocycles. The highest BCUT2D eigenvalue weighted by Gasteiger charge is 2.17. The van der Waals surface area contributed by atoms with Crippen molar-refractivity contribution in [3.63, 3.8) is 0 Å². The maximum absolute atomic E-state index is 6.05. The lowest BCUT2D eigenvalue weighted by atomic mass is 10.1. The zero-order valence-corrected chi connectivity index (χ0v) is 12.4. The Morgan fingerprint density at radius 1 is 1.15 bits per heavy atom. The fourth-order valence-electron chi connectivity index (χ4n) is 2.74. The molecule has 0 unspecified atom stereocenters. The van der Waals surface area contributed by atoms with Crippen LogP contribution in [0, 0.1) is 0 Å². The molecule has 6 heteroatoms. The number of aromatic nitrogens is 4. The van der Waals surface area contributed by atoms with Crippen molar-refractivity contribution in [3.05, 3.63) is 34.1 Å². The van der Waals surface area contributed by atoms with Crippen molar-refractivity contribution < 1.29 is 0 Å². The average Bonchev–Trinajstić information content (AvgIpc) is 2.99. The Kier molecular flexibility index (Phi) is 2.97. The lowest BCUT2D eigenvalue weighted by Gasteiger charge is -1.97. The van der Waals surface area contributed by atoms with Crippen LogP contribution in [0.4, 0.5) is 0 Å². The number of rotatable bonds is 1. The van der Waals surface area contributed by atoms with Gasteiger partial charge in [0.25, 0.3) is 0 Å². The van der Waals surface area contributed by atoms with E-state index >= 15 is 0 Å². The number of fused-ring (bicyclic) bond motifs is 2. The van der Waals surface area contributed by atoms with Gasteiger partial charge in [0.05, 0.1) is 4.88 Å². The quantitative estimate of drug-likeness (QED) is 0.643. The highest BCUT2D eigenvalue weighted by molar-refractivity contribution is 7.15. The van der Waals surface area contributed by atoms with Crippen LogP contribution in [-0.4, -0.2) is 19.6 Å². The molecule has 0 aromatic carbocycles. The van der Waals surface area contributed by atoms with Gasteiger partial charge in [-0.05, 0) is 37.3 Å². The zero-order chi connectivity index (χ0) is 13.5. The number of halogens is 1. The Labute approximate surface area is 125 Å². The molecule has 4 nitrogen and oxygen atoms in total. The third-order valence-corrected chi connectivity index (χ3v) is 5.25. The van der Waals surface area contributed by atoms with Crippen LogP contribution >= 0.6 is 22.9 Å². The first-order valence-electron chi connectivity index (χ1n) is 6.80. The Hall–Kier alpha value is -1.46. The molecule has 0 amide bonds. The van der Waals surface area contributed by atoms with Crippen LogP contribution in [0.25, 0.3) is 16.3 Å². The molecular formula is C14H13ClN4S. The van der Waals surface area contributed by atoms with Gasteiger partial charge in [0, 0.05) is 17.3 Å². The SMILES string of the molecule is Clc1nccn2c(-c3cc4c(s3)CCCCC4)nnc12. The van der Waals surface area contributed by atoms with Crippen LogP contribution in [-0.2, 0) is 12.8 Å². The number of aryl methyl sites for hydroxylation is 2. The molecule has 3 aromatic heterocycles. The molecule has 0 fully saturated rings. The summed E-state index contributed by atoms with van der Waals surface area (Å²) in [6, 6.07) is 2.27. The summed E-state index contributed by atoms with van der Waals surface area (Å²) >= 11 is 7.89. The molecule has 0 aliphatic heterocycles. The summed E-state index contributed by atoms with van der Waals surface area (Å²) < 4.78 is 1.92. The summed E-state index contributed by atoms with van der Waals surface area (Å²) in [4.78, 5) is 6.72. The minimum absolute atomic E-state index is 0.393. The summed E-state index contributed by atoms with van der Waals surface area (Å²) in [5.74, 6) is 0.863. The van der Waals surface area contributed by atoms with Crippen LogP contribution in [0.15, 0.2) is 18.5 Å². The van der Waals surface area contributed by atoms with E-state index in [1.165, 1.54) is 47.4 Å². The summed E-state index contributed by atoms with van der Waals surface area (Å²) in [5.41, 5.74) is 2.10. The molecule has 0 bridgehead atoms. The van der Waals surface area contributed by atoms with Gasteiger partial charge in [0.1, 0.15) is 0 Å². The number of hydrogen-bond donors (Lipinski definition) is 0. The van der Waals surface area contributed by atoms with Gasteiger partial charge >= 0.3 is 0 Å². The molecule has 20 heavy (non-hydrogen) atoms. The molecule has 0 saturated carbocycles. The Balaban J connectivity index is 1.85. The van der Waals surface area contributed by atoms with Gasteiger partial charge in [-0.2, -0.15) is 0 Å². The summed E-state index contributed by atoms with van der Waals surface area (Å²) in [5, 5.41) is 8.83. The Morgan fingerprint density at radius 2 is 2.05 bits per heavy atom. The largest absolute Gasteiger partial charge is 0.278 e. The lowest BCUT2D eigenvalue weighted by molar-refractivity contribution is 0.712. The molecule has 0 N–H and O–H groups in total. The second kappa shape index (κ2) is 4.82. The Bertz CT molecular complexity index is 753. The molecular weight excluding hydrogens is 292 g/mol. The molecule has 102 valence electrons. The summed E-state index contributed by atoms with van der Waals surface area (Å²) in [7, 11) is 0. The normalized spacial score (nSPS) is 15.2. The molecule has 3 aromatic rings. The second-order valence-corrected chi connectivity index (χ2v) is 6.55. The van der Waals surface area contributed by atoms with E-state index in [1.807, 2.05) is 21.9 Å². The number of nitrogens with zero attached hydrogens (tertiary/aromatic N) is 4. The topological polar surface area (TPSA) is 43.1 Å². The van der Waals surface area contributed by atoms with Gasteiger partial charge in [-0.15, -0.1) is 21.5 Å². The smallest absolute Gasteiger partial charge is 0.198 e. The molecule has 1 aliphatic carbocycles. The van der Waals surface area contributed by atoms with E-state index in [2.05, 4.69) is 21.2 Å². The second-order valence-electron chi connectivity index (χ2n) is 5.05. The molecule has 4 rings (SSSR count). The van der Waals surface area contributed by atoms with Crippen molar-refractivity contribution >= 4 is 28.6 Å². The first-order chi connectivity index (χ1) is 9.83. The number of hydrogen-bond acceptors (Lipinski definition) is 4. The van der Waals surface area contributed by atoms with Crippen molar-refractivity contribution in [1.82, 2.24) is 19.6 Å². The van der Waals surface area contributed by atoms with E-state index in [4.69, 9.17) is 11.6 Å². The monoisotopic (exact) mass is 304 g/mol. The molecule has 3 heterocycles. The maximum atomic E-state index is 6.05. The van der Waals surface area contributed by atoms with E-state index in [1.54, 1.807) is 6.20 Å². The van der Waals surface area contributed by atoms with Crippen molar-refractivity contribution in [3.8, 4) is 10.7 Å². The van der Waals surface area contributed by atoms with Crippen LogP contribution in [0.3, 0.4) is 0 Å². The van der Waals surface area contributed by atoms with Crippen molar-refractivity contribution in [1.29, 1.82) is 0 Å². The fourth-order valence-corrected chi connectivity index (χ4v) is 4.16. The minimum Gasteiger partial charge on any atom is -0.278 e. The van der Waals surface area contributed by atoms with Crippen molar-refractivity contribution in [2.24, 2.45) is 0 Å². The van der Waals surface area contributed by atoms with E-state index in [0.717, 1.165) is 5.82 Å². The van der Waals surface area contributed by atoms with Crippen LogP contribution in [0.2, 0.25) is 5.15 Å². The first kappa shape index (κ1) is 12.3. The Morgan fingerprint density at radius 3 is 3.00 bits per heavy atom. The van der Waals surface area contributed by atoms with Crippen molar-refractivity contribution in [2.45, 2.75) is 32.1 Å². The van der Waals surface area contributed by atoms with Gasteiger partial charge in [-0.3, -0.25) is 4.40 Å². The lowest BCUT2D eigenvalue weighted by Crippen LogP contribution is -1.89. The highest BCUT2D eigenvalue weighted by atomic mass is 35.5. The maximum Gasteiger partial charge on any atom is 0.198 e. The third-order valence-electron chi connectivity index (χ3n) is 3.75. The van der Waals surface area contributed by atoms with Gasteiger partial charge in [-0.25, -0.2) is 4.98 Å². The predicted octanol–water partition coefficient (Wildman–Crippen LogP) is 3.78. The van der Waals surface area contributed by atoms with Crippen molar-refractivity contribution in [2.75, 3.05) is 0 Å². The van der Waals surface area contributed by atoms with Crippen LogP contribution in [0.5, 0.6) is 0 Å². The standard InChI is InChI=1S/C14H13ClN4S/c15-12-14-18-17-13(19(14)7-6-16-12)11-8-9-4-2-1-3-5-10(9)20-11/h6-8H,1-5H2. The molecule has 0 atom stereocenters. The summed E-state index contributed by atoms with van der Waals surface area (Å²) in [6.45, 7) is 0. The van der Waals surface area contributed by atoms with Gasteiger partial charge in [0.2, 0.25) is 0 Å². The van der Waals surface area contributed by atoms with Gasteiger partial charge in [0.15, 0.2) is 16.6 Å². The fraction of sp³-hybridized carbons (Fsp3) is 0.357. The van der Waals surface area contributed by atoms with E-state index in [0.29, 0.717) is 10.8 Å². The number of thiophene rings is 1. The minimum atomic E-state index is 0.393. The van der Waals surface area contributed by atoms with Crippen LogP contribution in [0.1, 0.15) is 29.7 Å². The average molecular weight is 305 g/mol. The van der Waals surface area contributed by atoms with Gasteiger partial charge in [-0.1, -0.05) is 18.0 Å². The third kappa shape index (κ3) is 1.93. The molecule has 1 aliphatic rings. The first-order valence-corrected chi connectivity index (χ1v) is 7.99. The van der Waals surface area contributed by atoms with E-state index in [-0.39, 0.29) is 0 Å². The zero-order valence-electron chi connectivity index (χ0n) is 10.8.